The highest BCUT2D eigenvalue weighted by Gasteiger charge is 2.20. The van der Waals surface area contributed by atoms with Gasteiger partial charge in [0.1, 0.15) is 0 Å². The topological polar surface area (TPSA) is 74.8 Å². The van der Waals surface area contributed by atoms with Crippen LogP contribution in [0.4, 0.5) is 5.69 Å². The molecule has 0 saturated heterocycles. The van der Waals surface area contributed by atoms with Gasteiger partial charge in [-0.3, -0.25) is 9.79 Å². The molecule has 0 bridgehead atoms. The molecule has 6 nitrogen and oxygen atoms in total. The van der Waals surface area contributed by atoms with E-state index in [9.17, 15) is 4.79 Å². The highest BCUT2D eigenvalue weighted by atomic mass is 35.5. The van der Waals surface area contributed by atoms with Gasteiger partial charge in [0, 0.05) is 50.5 Å². The van der Waals surface area contributed by atoms with Crippen molar-refractivity contribution in [1.29, 1.82) is 0 Å². The van der Waals surface area contributed by atoms with Crippen LogP contribution in [-0.2, 0) is 9.53 Å². The Kier molecular flexibility index (Phi) is 9.28. The van der Waals surface area contributed by atoms with E-state index in [2.05, 4.69) is 20.9 Å². The van der Waals surface area contributed by atoms with E-state index in [1.54, 1.807) is 31.3 Å². The van der Waals surface area contributed by atoms with E-state index in [0.29, 0.717) is 18.0 Å². The molecular weight excluding hydrogens is 352 g/mol. The second kappa shape index (κ2) is 11.8. The predicted molar refractivity (Wildman–Crippen MR) is 107 cm³/mol. The number of nitrogens with zero attached hydrogens (tertiary/aromatic N) is 1. The van der Waals surface area contributed by atoms with Crippen molar-refractivity contribution in [3.8, 4) is 0 Å². The van der Waals surface area contributed by atoms with Crippen LogP contribution in [0.2, 0.25) is 5.02 Å². The van der Waals surface area contributed by atoms with Gasteiger partial charge in [-0.1, -0.05) is 11.6 Å². The van der Waals surface area contributed by atoms with Crippen molar-refractivity contribution in [2.24, 2.45) is 10.9 Å². The fraction of sp³-hybridized carbons (Fsp3) is 0.579. The highest BCUT2D eigenvalue weighted by Crippen LogP contribution is 2.28. The second-order valence-electron chi connectivity index (χ2n) is 6.46. The number of guanidine groups is 1. The molecule has 1 aromatic rings. The van der Waals surface area contributed by atoms with Crippen molar-refractivity contribution in [3.05, 3.63) is 29.3 Å². The lowest BCUT2D eigenvalue weighted by Crippen LogP contribution is -2.38. The van der Waals surface area contributed by atoms with Gasteiger partial charge in [-0.05, 0) is 55.9 Å². The zero-order valence-electron chi connectivity index (χ0n) is 15.4. The van der Waals surface area contributed by atoms with Crippen molar-refractivity contribution < 1.29 is 9.53 Å². The van der Waals surface area contributed by atoms with Crippen LogP contribution in [0.1, 0.15) is 32.1 Å². The Balaban J connectivity index is 1.48. The van der Waals surface area contributed by atoms with E-state index < -0.39 is 0 Å². The molecule has 1 aliphatic rings. The summed E-state index contributed by atoms with van der Waals surface area (Å²) in [6.45, 7) is 3.20. The molecule has 26 heavy (non-hydrogen) atoms. The molecule has 1 aromatic carbocycles. The van der Waals surface area contributed by atoms with Crippen LogP contribution in [0.3, 0.4) is 0 Å². The molecule has 3 N–H and O–H groups in total. The van der Waals surface area contributed by atoms with E-state index >= 15 is 0 Å². The number of hydrogen-bond acceptors (Lipinski definition) is 3. The van der Waals surface area contributed by atoms with Crippen molar-refractivity contribution in [3.63, 3.8) is 0 Å². The smallest absolute Gasteiger partial charge is 0.224 e. The van der Waals surface area contributed by atoms with E-state index in [1.807, 2.05) is 0 Å². The summed E-state index contributed by atoms with van der Waals surface area (Å²) < 4.78 is 5.60. The number of hydrogen-bond donors (Lipinski definition) is 3. The minimum Gasteiger partial charge on any atom is -0.381 e. The summed E-state index contributed by atoms with van der Waals surface area (Å²) in [6.07, 6.45) is 4.78. The first kappa shape index (κ1) is 20.5. The molecule has 1 amide bonds. The molecule has 144 valence electrons. The molecule has 0 aromatic heterocycles. The first-order valence-corrected chi connectivity index (χ1v) is 9.63. The Morgan fingerprint density at radius 3 is 2.54 bits per heavy atom. The van der Waals surface area contributed by atoms with E-state index in [-0.39, 0.29) is 5.91 Å². The Hall–Kier alpha value is -1.79. The quantitative estimate of drug-likeness (QED) is 0.313. The monoisotopic (exact) mass is 380 g/mol. The molecule has 0 heterocycles. The molecule has 1 aliphatic carbocycles. The lowest BCUT2D eigenvalue weighted by Gasteiger charge is -2.12. The third-order valence-corrected chi connectivity index (χ3v) is 4.28. The molecule has 1 fully saturated rings. The summed E-state index contributed by atoms with van der Waals surface area (Å²) in [5, 5.41) is 9.97. The maximum Gasteiger partial charge on any atom is 0.224 e. The van der Waals surface area contributed by atoms with Crippen LogP contribution >= 0.6 is 11.6 Å². The number of anilines is 1. The minimum absolute atomic E-state index is 0.00937. The lowest BCUT2D eigenvalue weighted by atomic mass is 10.2. The third-order valence-electron chi connectivity index (χ3n) is 4.03. The standard InChI is InChI=1S/C19H29ClN4O2/c1-21-19(23-12-3-13-26-14-15-5-6-15)22-11-2-4-18(25)24-17-9-7-16(20)8-10-17/h7-10,15H,2-6,11-14H2,1H3,(H,24,25)(H2,21,22,23). The normalized spacial score (nSPS) is 14.2. The molecule has 7 heteroatoms. The number of amides is 1. The van der Waals surface area contributed by atoms with Gasteiger partial charge >= 0.3 is 0 Å². The molecule has 0 aliphatic heterocycles. The summed E-state index contributed by atoms with van der Waals surface area (Å²) >= 11 is 5.82. The number of benzene rings is 1. The van der Waals surface area contributed by atoms with Crippen LogP contribution in [0.15, 0.2) is 29.3 Å². The zero-order valence-corrected chi connectivity index (χ0v) is 16.1. The SMILES string of the molecule is CN=C(NCCCOCC1CC1)NCCCC(=O)Nc1ccc(Cl)cc1. The first-order chi connectivity index (χ1) is 12.7. The predicted octanol–water partition coefficient (Wildman–Crippen LogP) is 3.04. The van der Waals surface area contributed by atoms with Crippen molar-refractivity contribution in [2.45, 2.75) is 32.1 Å². The van der Waals surface area contributed by atoms with Crippen LogP contribution < -0.4 is 16.0 Å². The largest absolute Gasteiger partial charge is 0.381 e. The third kappa shape index (κ3) is 9.06. The van der Waals surface area contributed by atoms with E-state index in [1.165, 1.54) is 12.8 Å². The number of aliphatic imine (C=N–C) groups is 1. The van der Waals surface area contributed by atoms with Crippen molar-refractivity contribution in [1.82, 2.24) is 10.6 Å². The van der Waals surface area contributed by atoms with Gasteiger partial charge in [0.25, 0.3) is 0 Å². The van der Waals surface area contributed by atoms with Crippen molar-refractivity contribution in [2.75, 3.05) is 38.7 Å². The van der Waals surface area contributed by atoms with Crippen molar-refractivity contribution >= 4 is 29.2 Å². The van der Waals surface area contributed by atoms with Crippen LogP contribution in [0.25, 0.3) is 0 Å². The van der Waals surface area contributed by atoms with Gasteiger partial charge in [-0.2, -0.15) is 0 Å². The van der Waals surface area contributed by atoms with Gasteiger partial charge in [0.05, 0.1) is 0 Å². The fourth-order valence-corrected chi connectivity index (χ4v) is 2.47. The Morgan fingerprint density at radius 1 is 1.19 bits per heavy atom. The molecule has 0 atom stereocenters. The number of carbonyl (C=O) groups excluding carboxylic acids is 1. The van der Waals surface area contributed by atoms with Gasteiger partial charge in [0.15, 0.2) is 5.96 Å². The fourth-order valence-electron chi connectivity index (χ4n) is 2.35. The molecule has 0 spiro atoms. The number of rotatable bonds is 11. The maximum absolute atomic E-state index is 11.9. The number of nitrogens with one attached hydrogen (secondary N) is 3. The average Bonchev–Trinajstić information content (AvgIpc) is 3.46. The van der Waals surface area contributed by atoms with E-state index in [0.717, 1.165) is 50.2 Å². The summed E-state index contributed by atoms with van der Waals surface area (Å²) in [5.41, 5.74) is 0.758. The van der Waals surface area contributed by atoms with Gasteiger partial charge in [0.2, 0.25) is 5.91 Å². The van der Waals surface area contributed by atoms with Crippen LogP contribution in [-0.4, -0.2) is 45.2 Å². The second-order valence-corrected chi connectivity index (χ2v) is 6.89. The van der Waals surface area contributed by atoms with Gasteiger partial charge in [-0.15, -0.1) is 0 Å². The summed E-state index contributed by atoms with van der Waals surface area (Å²) in [5.74, 6) is 1.56. The molecule has 2 rings (SSSR count). The average molecular weight is 381 g/mol. The highest BCUT2D eigenvalue weighted by molar-refractivity contribution is 6.30. The summed E-state index contributed by atoms with van der Waals surface area (Å²) in [6, 6.07) is 7.09. The molecule has 0 radical (unpaired) electrons. The summed E-state index contributed by atoms with van der Waals surface area (Å²) in [4.78, 5) is 16.1. The maximum atomic E-state index is 11.9. The molecule has 1 saturated carbocycles. The number of halogens is 1. The van der Waals surface area contributed by atoms with Crippen LogP contribution in [0, 0.1) is 5.92 Å². The zero-order chi connectivity index (χ0) is 18.6. The minimum atomic E-state index is -0.00937. The Bertz CT molecular complexity index is 573. The lowest BCUT2D eigenvalue weighted by molar-refractivity contribution is -0.116. The van der Waals surface area contributed by atoms with Gasteiger partial charge < -0.3 is 20.7 Å². The van der Waals surface area contributed by atoms with Crippen LogP contribution in [0.5, 0.6) is 0 Å². The number of ether oxygens (including phenoxy) is 1. The Labute approximate surface area is 160 Å². The Morgan fingerprint density at radius 2 is 1.88 bits per heavy atom. The first-order valence-electron chi connectivity index (χ1n) is 9.25. The number of carbonyl (C=O) groups is 1. The van der Waals surface area contributed by atoms with E-state index in [4.69, 9.17) is 16.3 Å². The molecule has 0 unspecified atom stereocenters. The molecular formula is C19H29ClN4O2. The van der Waals surface area contributed by atoms with Gasteiger partial charge in [-0.25, -0.2) is 0 Å². The summed E-state index contributed by atoms with van der Waals surface area (Å²) in [7, 11) is 1.74.